The average Bonchev–Trinajstić information content (AvgIpc) is 2.95. The number of carbonyl (C=O) groups is 1. The monoisotopic (exact) mass is 409 g/mol. The fourth-order valence-corrected chi connectivity index (χ4v) is 3.13. The number of carbonyl (C=O) groups excluding carboxylic acids is 1. The zero-order valence-electron chi connectivity index (χ0n) is 16.7. The van der Waals surface area contributed by atoms with Gasteiger partial charge in [0.2, 0.25) is 5.96 Å². The molecule has 6 nitrogen and oxygen atoms in total. The van der Waals surface area contributed by atoms with Crippen LogP contribution in [-0.2, 0) is 13.5 Å². The lowest BCUT2D eigenvalue weighted by Gasteiger charge is -2.12. The van der Waals surface area contributed by atoms with E-state index in [2.05, 4.69) is 20.7 Å². The zero-order valence-corrected chi connectivity index (χ0v) is 17.5. The van der Waals surface area contributed by atoms with E-state index in [9.17, 15) is 4.79 Å². The normalized spacial score (nSPS) is 11.4. The SMILES string of the molecule is Cc1nn(C)c(C)c1CCN=C(NC(=O)c1ccc(Cl)cc1)Nc1ccccc1. The van der Waals surface area contributed by atoms with E-state index in [1.54, 1.807) is 24.3 Å². The third-order valence-corrected chi connectivity index (χ3v) is 4.92. The molecule has 0 unspecified atom stereocenters. The summed E-state index contributed by atoms with van der Waals surface area (Å²) in [5, 5.41) is 11.1. The molecule has 1 aromatic heterocycles. The van der Waals surface area contributed by atoms with Crippen molar-refractivity contribution in [1.29, 1.82) is 0 Å². The predicted octanol–water partition coefficient (Wildman–Crippen LogP) is 4.13. The number of aryl methyl sites for hydroxylation is 2. The summed E-state index contributed by atoms with van der Waals surface area (Å²) < 4.78 is 1.87. The van der Waals surface area contributed by atoms with Crippen LogP contribution in [0.2, 0.25) is 5.02 Å². The van der Waals surface area contributed by atoms with E-state index in [-0.39, 0.29) is 5.91 Å². The van der Waals surface area contributed by atoms with E-state index >= 15 is 0 Å². The maximum Gasteiger partial charge on any atom is 0.257 e. The Morgan fingerprint density at radius 3 is 2.41 bits per heavy atom. The number of nitrogens with one attached hydrogen (secondary N) is 2. The topological polar surface area (TPSA) is 71.3 Å². The van der Waals surface area contributed by atoms with Gasteiger partial charge in [0.25, 0.3) is 5.91 Å². The van der Waals surface area contributed by atoms with Crippen LogP contribution >= 0.6 is 11.6 Å². The van der Waals surface area contributed by atoms with Crippen molar-refractivity contribution in [1.82, 2.24) is 15.1 Å². The van der Waals surface area contributed by atoms with Crippen molar-refractivity contribution in [3.63, 3.8) is 0 Å². The van der Waals surface area contributed by atoms with E-state index in [0.29, 0.717) is 23.1 Å². The van der Waals surface area contributed by atoms with Gasteiger partial charge in [-0.2, -0.15) is 5.10 Å². The van der Waals surface area contributed by atoms with Gasteiger partial charge in [-0.05, 0) is 62.2 Å². The van der Waals surface area contributed by atoms with Crippen LogP contribution in [0.25, 0.3) is 0 Å². The highest BCUT2D eigenvalue weighted by Gasteiger charge is 2.11. The summed E-state index contributed by atoms with van der Waals surface area (Å²) in [6.07, 6.45) is 0.738. The summed E-state index contributed by atoms with van der Waals surface area (Å²) in [5.74, 6) is 0.146. The highest BCUT2D eigenvalue weighted by atomic mass is 35.5. The second kappa shape index (κ2) is 9.39. The molecule has 1 heterocycles. The maximum absolute atomic E-state index is 12.6. The second-order valence-electron chi connectivity index (χ2n) is 6.71. The summed E-state index contributed by atoms with van der Waals surface area (Å²) in [5.41, 5.74) is 4.66. The van der Waals surface area contributed by atoms with E-state index < -0.39 is 0 Å². The molecular formula is C22H24ClN5O. The molecule has 0 radical (unpaired) electrons. The third kappa shape index (κ3) is 5.45. The van der Waals surface area contributed by atoms with Crippen LogP contribution < -0.4 is 10.6 Å². The number of benzene rings is 2. The third-order valence-electron chi connectivity index (χ3n) is 4.67. The number of rotatable bonds is 5. The molecule has 2 N–H and O–H groups in total. The van der Waals surface area contributed by atoms with E-state index in [1.807, 2.05) is 55.9 Å². The molecule has 0 fully saturated rings. The lowest BCUT2D eigenvalue weighted by Crippen LogP contribution is -2.36. The number of hydrogen-bond donors (Lipinski definition) is 2. The van der Waals surface area contributed by atoms with E-state index in [0.717, 1.165) is 23.5 Å². The largest absolute Gasteiger partial charge is 0.326 e. The minimum absolute atomic E-state index is 0.252. The molecular weight excluding hydrogens is 386 g/mol. The average molecular weight is 410 g/mol. The Bertz CT molecular complexity index is 1010. The van der Waals surface area contributed by atoms with Gasteiger partial charge < -0.3 is 5.32 Å². The van der Waals surface area contributed by atoms with Crippen LogP contribution in [0.15, 0.2) is 59.6 Å². The number of aromatic nitrogens is 2. The number of para-hydroxylation sites is 1. The molecule has 0 aliphatic rings. The fourth-order valence-electron chi connectivity index (χ4n) is 3.01. The quantitative estimate of drug-likeness (QED) is 0.491. The van der Waals surface area contributed by atoms with Crippen molar-refractivity contribution in [2.45, 2.75) is 20.3 Å². The lowest BCUT2D eigenvalue weighted by molar-refractivity contribution is 0.0977. The molecule has 3 aromatic rings. The van der Waals surface area contributed by atoms with Crippen LogP contribution in [-0.4, -0.2) is 28.2 Å². The highest BCUT2D eigenvalue weighted by molar-refractivity contribution is 6.30. The van der Waals surface area contributed by atoms with Gasteiger partial charge in [0.15, 0.2) is 0 Å². The molecule has 7 heteroatoms. The van der Waals surface area contributed by atoms with Crippen molar-refractivity contribution in [2.75, 3.05) is 11.9 Å². The first-order chi connectivity index (χ1) is 13.9. The molecule has 0 saturated carbocycles. The van der Waals surface area contributed by atoms with E-state index in [4.69, 9.17) is 11.6 Å². The van der Waals surface area contributed by atoms with Crippen LogP contribution in [0.4, 0.5) is 5.69 Å². The highest BCUT2D eigenvalue weighted by Crippen LogP contribution is 2.13. The van der Waals surface area contributed by atoms with Gasteiger partial charge in [-0.3, -0.25) is 19.8 Å². The van der Waals surface area contributed by atoms with Crippen LogP contribution in [0.5, 0.6) is 0 Å². The smallest absolute Gasteiger partial charge is 0.257 e. The maximum atomic E-state index is 12.6. The molecule has 1 amide bonds. The van der Waals surface area contributed by atoms with Crippen molar-refractivity contribution < 1.29 is 4.79 Å². The summed E-state index contributed by atoms with van der Waals surface area (Å²) in [6, 6.07) is 16.3. The summed E-state index contributed by atoms with van der Waals surface area (Å²) in [7, 11) is 1.93. The number of amides is 1. The van der Waals surface area contributed by atoms with Gasteiger partial charge in [-0.15, -0.1) is 0 Å². The van der Waals surface area contributed by atoms with Crippen LogP contribution in [0.3, 0.4) is 0 Å². The first-order valence-electron chi connectivity index (χ1n) is 9.36. The van der Waals surface area contributed by atoms with E-state index in [1.165, 1.54) is 5.56 Å². The summed E-state index contributed by atoms with van der Waals surface area (Å²) in [4.78, 5) is 17.2. The zero-order chi connectivity index (χ0) is 20.8. The fraction of sp³-hybridized carbons (Fsp3) is 0.227. The minimum atomic E-state index is -0.252. The molecule has 0 saturated heterocycles. The molecule has 0 spiro atoms. The number of halogens is 1. The summed E-state index contributed by atoms with van der Waals surface area (Å²) in [6.45, 7) is 4.56. The van der Waals surface area contributed by atoms with Gasteiger partial charge in [0.1, 0.15) is 0 Å². The number of anilines is 1. The van der Waals surface area contributed by atoms with Crippen molar-refractivity contribution >= 4 is 29.2 Å². The van der Waals surface area contributed by atoms with Gasteiger partial charge in [-0.1, -0.05) is 29.8 Å². The van der Waals surface area contributed by atoms with Gasteiger partial charge >= 0.3 is 0 Å². The Morgan fingerprint density at radius 2 is 1.79 bits per heavy atom. The lowest BCUT2D eigenvalue weighted by atomic mass is 10.1. The first kappa shape index (κ1) is 20.6. The predicted molar refractivity (Wildman–Crippen MR) is 118 cm³/mol. The summed E-state index contributed by atoms with van der Waals surface area (Å²) >= 11 is 5.91. The van der Waals surface area contributed by atoms with Crippen LogP contribution in [0.1, 0.15) is 27.3 Å². The second-order valence-corrected chi connectivity index (χ2v) is 7.14. The van der Waals surface area contributed by atoms with Crippen molar-refractivity contribution in [3.05, 3.63) is 82.1 Å². The molecule has 0 bridgehead atoms. The van der Waals surface area contributed by atoms with Gasteiger partial charge in [0, 0.05) is 35.6 Å². The molecule has 150 valence electrons. The Labute approximate surface area is 175 Å². The standard InChI is InChI=1S/C22H24ClN5O/c1-15-20(16(2)28(3)27-15)13-14-24-22(25-19-7-5-4-6-8-19)26-21(29)17-9-11-18(23)12-10-17/h4-12H,13-14H2,1-3H3,(H2,24,25,26,29). The Kier molecular flexibility index (Phi) is 6.67. The Hall–Kier alpha value is -3.12. The number of aliphatic imine (C=N–C) groups is 1. The van der Waals surface area contributed by atoms with Gasteiger partial charge in [0.05, 0.1) is 5.69 Å². The molecule has 3 rings (SSSR count). The molecule has 29 heavy (non-hydrogen) atoms. The Morgan fingerprint density at radius 1 is 1.10 bits per heavy atom. The number of guanidine groups is 1. The van der Waals surface area contributed by atoms with Crippen molar-refractivity contribution in [2.24, 2.45) is 12.0 Å². The van der Waals surface area contributed by atoms with Crippen molar-refractivity contribution in [3.8, 4) is 0 Å². The number of hydrogen-bond acceptors (Lipinski definition) is 3. The molecule has 0 aliphatic carbocycles. The first-order valence-corrected chi connectivity index (χ1v) is 9.74. The molecule has 0 aliphatic heterocycles. The minimum Gasteiger partial charge on any atom is -0.326 e. The number of nitrogens with zero attached hydrogens (tertiary/aromatic N) is 3. The van der Waals surface area contributed by atoms with Crippen LogP contribution in [0, 0.1) is 13.8 Å². The molecule has 0 atom stereocenters. The van der Waals surface area contributed by atoms with Gasteiger partial charge in [-0.25, -0.2) is 0 Å². The molecule has 2 aromatic carbocycles. The Balaban J connectivity index is 1.75.